The van der Waals surface area contributed by atoms with Crippen molar-refractivity contribution < 1.29 is 4.70 Å². The first-order valence-electron chi connectivity index (χ1n) is 7.23. The summed E-state index contributed by atoms with van der Waals surface area (Å²) in [4.78, 5) is 0. The minimum atomic E-state index is 0. The summed E-state index contributed by atoms with van der Waals surface area (Å²) < 4.78 is 0. The molecule has 97 valence electrons. The van der Waals surface area contributed by atoms with Gasteiger partial charge in [0, 0.05) is 0 Å². The van der Waals surface area contributed by atoms with Crippen molar-refractivity contribution in [3.8, 4) is 0 Å². The standard InChI is InChI=1S/2C7H15.Al.FH/c2*1-3-5-7-6-4-2;;/h2*1,3-7H2,2H3;;1H. The molecule has 0 nitrogen and oxygen atoms in total. The van der Waals surface area contributed by atoms with Gasteiger partial charge in [-0.25, -0.2) is 0 Å². The van der Waals surface area contributed by atoms with Gasteiger partial charge in [0.2, 0.25) is 0 Å². The summed E-state index contributed by atoms with van der Waals surface area (Å²) in [5, 5.41) is 3.13. The van der Waals surface area contributed by atoms with Crippen LogP contribution in [-0.4, -0.2) is 15.2 Å². The van der Waals surface area contributed by atoms with Gasteiger partial charge in [0.25, 0.3) is 0 Å². The SMILES string of the molecule is CCCCCC[CH2][Al][CH2]CCCCCC.F. The zero-order valence-electron chi connectivity index (χ0n) is 11.5. The Morgan fingerprint density at radius 2 is 0.938 bits per heavy atom. The summed E-state index contributed by atoms with van der Waals surface area (Å²) in [6.07, 6.45) is 14.6. The zero-order valence-corrected chi connectivity index (χ0v) is 12.6. The average molecular weight is 245 g/mol. The quantitative estimate of drug-likeness (QED) is 0.309. The van der Waals surface area contributed by atoms with E-state index in [9.17, 15) is 0 Å². The fourth-order valence-electron chi connectivity index (χ4n) is 1.93. The number of hydrogen-bond donors (Lipinski definition) is 0. The summed E-state index contributed by atoms with van der Waals surface area (Å²) in [7, 11) is 0. The summed E-state index contributed by atoms with van der Waals surface area (Å²) >= 11 is 0.799. The predicted molar refractivity (Wildman–Crippen MR) is 75.4 cm³/mol. The normalized spacial score (nSPS) is 9.88. The second-order valence-corrected chi connectivity index (χ2v) is 6.43. The third-order valence-corrected chi connectivity index (χ3v) is 4.66. The van der Waals surface area contributed by atoms with Gasteiger partial charge in [-0.05, 0) is 0 Å². The molecule has 1 radical (unpaired) electrons. The van der Waals surface area contributed by atoms with E-state index < -0.39 is 0 Å². The van der Waals surface area contributed by atoms with Crippen LogP contribution in [0.25, 0.3) is 0 Å². The van der Waals surface area contributed by atoms with Crippen molar-refractivity contribution in [1.29, 1.82) is 0 Å². The molecule has 16 heavy (non-hydrogen) atoms. The maximum atomic E-state index is 2.29. The molecule has 0 atom stereocenters. The van der Waals surface area contributed by atoms with E-state index in [0.29, 0.717) is 0 Å². The van der Waals surface area contributed by atoms with Gasteiger partial charge in [-0.15, -0.1) is 10.6 Å². The number of halogens is 1. The lowest BCUT2D eigenvalue weighted by molar-refractivity contribution is 0.647. The highest BCUT2D eigenvalue weighted by molar-refractivity contribution is 6.35. The van der Waals surface area contributed by atoms with E-state index in [1.807, 2.05) is 0 Å². The first-order chi connectivity index (χ1) is 7.41. The van der Waals surface area contributed by atoms with Gasteiger partial charge in [0.05, 0.1) is 0 Å². The molecule has 0 aromatic carbocycles. The second kappa shape index (κ2) is 17.8. The second-order valence-electron chi connectivity index (χ2n) is 4.69. The molecule has 0 aliphatic heterocycles. The highest BCUT2D eigenvalue weighted by atomic mass is 27.1. The van der Waals surface area contributed by atoms with Crippen molar-refractivity contribution in [2.75, 3.05) is 0 Å². The Morgan fingerprint density at radius 3 is 1.31 bits per heavy atom. The van der Waals surface area contributed by atoms with Gasteiger partial charge in [-0.2, -0.15) is 0 Å². The van der Waals surface area contributed by atoms with Crippen molar-refractivity contribution in [2.24, 2.45) is 0 Å². The van der Waals surface area contributed by atoms with E-state index in [2.05, 4.69) is 13.8 Å². The van der Waals surface area contributed by atoms with Crippen molar-refractivity contribution in [2.45, 2.75) is 88.6 Å². The van der Waals surface area contributed by atoms with E-state index in [-0.39, 0.29) is 4.70 Å². The van der Waals surface area contributed by atoms with Crippen LogP contribution in [-0.2, 0) is 0 Å². The maximum Gasteiger partial charge on any atom is 0.199 e. The fraction of sp³-hybridized carbons (Fsp3) is 1.00. The maximum absolute atomic E-state index is 2.29. The minimum absolute atomic E-state index is 0. The zero-order chi connectivity index (χ0) is 11.2. The lowest BCUT2D eigenvalue weighted by atomic mass is 10.2. The van der Waals surface area contributed by atoms with E-state index in [0.717, 1.165) is 15.2 Å². The highest BCUT2D eigenvalue weighted by Crippen LogP contribution is 2.08. The Balaban J connectivity index is 0. The third-order valence-electron chi connectivity index (χ3n) is 3.02. The fourth-order valence-corrected chi connectivity index (χ4v) is 3.37. The van der Waals surface area contributed by atoms with Crippen LogP contribution in [0, 0.1) is 0 Å². The Labute approximate surface area is 109 Å². The van der Waals surface area contributed by atoms with Crippen molar-refractivity contribution in [3.05, 3.63) is 0 Å². The summed E-state index contributed by atoms with van der Waals surface area (Å²) in [5.74, 6) is 0. The molecule has 0 saturated carbocycles. The van der Waals surface area contributed by atoms with E-state index in [1.165, 1.54) is 64.2 Å². The lowest BCUT2D eigenvalue weighted by Crippen LogP contribution is -1.90. The van der Waals surface area contributed by atoms with Crippen molar-refractivity contribution in [3.63, 3.8) is 0 Å². The van der Waals surface area contributed by atoms with Gasteiger partial charge in [-0.3, -0.25) is 4.70 Å². The Hall–Kier alpha value is 0.462. The van der Waals surface area contributed by atoms with Gasteiger partial charge in [0.15, 0.2) is 15.2 Å². The van der Waals surface area contributed by atoms with Crippen molar-refractivity contribution >= 4 is 15.2 Å². The van der Waals surface area contributed by atoms with E-state index in [1.54, 1.807) is 10.6 Å². The van der Waals surface area contributed by atoms with Crippen LogP contribution >= 0.6 is 0 Å². The van der Waals surface area contributed by atoms with Gasteiger partial charge >= 0.3 is 0 Å². The van der Waals surface area contributed by atoms with Crippen LogP contribution in [0.15, 0.2) is 0 Å². The van der Waals surface area contributed by atoms with E-state index >= 15 is 0 Å². The molecular weight excluding hydrogens is 214 g/mol. The first-order valence-corrected chi connectivity index (χ1v) is 8.86. The molecule has 2 heteroatoms. The Morgan fingerprint density at radius 1 is 0.562 bits per heavy atom. The van der Waals surface area contributed by atoms with Crippen LogP contribution in [0.5, 0.6) is 0 Å². The predicted octanol–water partition coefficient (Wildman–Crippen LogP) is 5.62. The molecule has 0 aliphatic rings. The minimum Gasteiger partial charge on any atom is -0.269 e. The molecule has 0 amide bonds. The number of rotatable bonds is 12. The largest absolute Gasteiger partial charge is 0.269 e. The highest BCUT2D eigenvalue weighted by Gasteiger charge is 1.94. The lowest BCUT2D eigenvalue weighted by Gasteiger charge is -2.00. The van der Waals surface area contributed by atoms with E-state index in [4.69, 9.17) is 0 Å². The average Bonchev–Trinajstić information content (AvgIpc) is 2.26. The monoisotopic (exact) mass is 245 g/mol. The Kier molecular flexibility index (Phi) is 21.0. The summed E-state index contributed by atoms with van der Waals surface area (Å²) in [6, 6.07) is 0. The molecule has 0 N–H and O–H groups in total. The van der Waals surface area contributed by atoms with Crippen LogP contribution in [0.1, 0.15) is 78.1 Å². The molecule has 0 heterocycles. The van der Waals surface area contributed by atoms with Gasteiger partial charge < -0.3 is 0 Å². The van der Waals surface area contributed by atoms with Crippen LogP contribution in [0.2, 0.25) is 10.6 Å². The molecule has 0 aromatic heterocycles. The van der Waals surface area contributed by atoms with Crippen LogP contribution in [0.3, 0.4) is 0 Å². The molecular formula is C14H31AlF. The van der Waals surface area contributed by atoms with Crippen LogP contribution < -0.4 is 0 Å². The molecule has 0 aliphatic carbocycles. The summed E-state index contributed by atoms with van der Waals surface area (Å²) in [6.45, 7) is 4.59. The number of hydrogen-bond acceptors (Lipinski definition) is 0. The molecule has 0 spiro atoms. The smallest absolute Gasteiger partial charge is 0.199 e. The first kappa shape index (κ1) is 18.8. The van der Waals surface area contributed by atoms with Gasteiger partial charge in [0.1, 0.15) is 0 Å². The number of unbranched alkanes of at least 4 members (excludes halogenated alkanes) is 8. The molecule has 0 saturated heterocycles. The summed E-state index contributed by atoms with van der Waals surface area (Å²) in [5.41, 5.74) is 0. The van der Waals surface area contributed by atoms with Gasteiger partial charge in [-0.1, -0.05) is 78.1 Å². The molecule has 0 aromatic rings. The third kappa shape index (κ3) is 16.9. The van der Waals surface area contributed by atoms with Crippen LogP contribution in [0.4, 0.5) is 4.70 Å². The molecule has 0 bridgehead atoms. The topological polar surface area (TPSA) is 0 Å². The molecule has 0 fully saturated rings. The molecule has 0 rings (SSSR count). The molecule has 0 unspecified atom stereocenters. The van der Waals surface area contributed by atoms with Crippen molar-refractivity contribution in [1.82, 2.24) is 0 Å². The Bertz CT molecular complexity index is 94.9.